The minimum absolute atomic E-state index is 0.0461. The highest BCUT2D eigenvalue weighted by atomic mass is 32.2. The Balaban J connectivity index is 1.67. The lowest BCUT2D eigenvalue weighted by molar-refractivity contribution is -0.140. The van der Waals surface area contributed by atoms with E-state index in [-0.39, 0.29) is 35.9 Å². The lowest BCUT2D eigenvalue weighted by Crippen LogP contribution is -2.50. The molecule has 1 aromatic rings. The molecule has 1 saturated heterocycles. The zero-order chi connectivity index (χ0) is 22.8. The number of carbonyl (C=O) groups is 3. The third kappa shape index (κ3) is 5.51. The number of aryl methyl sites for hydroxylation is 1. The first-order valence-electron chi connectivity index (χ1n) is 10.8. The Morgan fingerprint density at radius 1 is 1.13 bits per heavy atom. The quantitative estimate of drug-likeness (QED) is 0.553. The molecular weight excluding hydrogens is 418 g/mol. The molecular formula is C22H31N3O5S. The van der Waals surface area contributed by atoms with Crippen LogP contribution in [0.15, 0.2) is 29.2 Å². The first-order chi connectivity index (χ1) is 14.6. The fourth-order valence-corrected chi connectivity index (χ4v) is 5.36. The van der Waals surface area contributed by atoms with Gasteiger partial charge in [0.2, 0.25) is 21.7 Å². The van der Waals surface area contributed by atoms with E-state index in [9.17, 15) is 22.8 Å². The van der Waals surface area contributed by atoms with Crippen molar-refractivity contribution in [1.82, 2.24) is 14.9 Å². The summed E-state index contributed by atoms with van der Waals surface area (Å²) in [6.07, 6.45) is 2.72. The molecule has 3 rings (SSSR count). The highest BCUT2D eigenvalue weighted by Gasteiger charge is 2.42. The Morgan fingerprint density at radius 2 is 1.77 bits per heavy atom. The van der Waals surface area contributed by atoms with E-state index >= 15 is 0 Å². The maximum atomic E-state index is 13.0. The molecule has 8 nitrogen and oxygen atoms in total. The van der Waals surface area contributed by atoms with Crippen LogP contribution >= 0.6 is 0 Å². The molecule has 1 heterocycles. The first-order valence-corrected chi connectivity index (χ1v) is 12.3. The molecule has 2 N–H and O–H groups in total. The van der Waals surface area contributed by atoms with Crippen molar-refractivity contribution in [3.63, 3.8) is 0 Å². The fraction of sp³-hybridized carbons (Fsp3) is 0.591. The number of hydrogen-bond donors (Lipinski definition) is 2. The van der Waals surface area contributed by atoms with E-state index in [4.69, 9.17) is 0 Å². The second-order valence-corrected chi connectivity index (χ2v) is 10.6. The fourth-order valence-electron chi connectivity index (χ4n) is 3.80. The minimum Gasteiger partial charge on any atom is -0.347 e. The van der Waals surface area contributed by atoms with E-state index in [1.807, 2.05) is 20.8 Å². The molecule has 2 fully saturated rings. The maximum Gasteiger partial charge on any atom is 0.289 e. The van der Waals surface area contributed by atoms with Gasteiger partial charge in [-0.15, -0.1) is 0 Å². The van der Waals surface area contributed by atoms with Crippen LogP contribution in [0.25, 0.3) is 0 Å². The normalized spacial score (nSPS) is 22.7. The summed E-state index contributed by atoms with van der Waals surface area (Å²) < 4.78 is 27.3. The van der Waals surface area contributed by atoms with Crippen LogP contribution in [0.4, 0.5) is 0 Å². The van der Waals surface area contributed by atoms with E-state index in [1.165, 1.54) is 4.31 Å². The minimum atomic E-state index is -3.71. The predicted molar refractivity (Wildman–Crippen MR) is 116 cm³/mol. The van der Waals surface area contributed by atoms with Crippen molar-refractivity contribution < 1.29 is 22.8 Å². The summed E-state index contributed by atoms with van der Waals surface area (Å²) in [4.78, 5) is 37.8. The zero-order valence-corrected chi connectivity index (χ0v) is 19.1. The van der Waals surface area contributed by atoms with E-state index in [1.54, 1.807) is 24.3 Å². The number of rotatable bonds is 9. The number of amides is 2. The van der Waals surface area contributed by atoms with Gasteiger partial charge in [-0.1, -0.05) is 38.0 Å². The summed E-state index contributed by atoms with van der Waals surface area (Å²) >= 11 is 0. The number of benzene rings is 1. The molecule has 3 atom stereocenters. The average molecular weight is 450 g/mol. The molecule has 0 aromatic heterocycles. The number of Topliss-reactive ketones (excluding diaryl/α,β-unsaturated/α-hetero) is 1. The van der Waals surface area contributed by atoms with Crippen molar-refractivity contribution in [2.45, 2.75) is 63.4 Å². The largest absolute Gasteiger partial charge is 0.347 e. The van der Waals surface area contributed by atoms with Gasteiger partial charge in [-0.3, -0.25) is 14.4 Å². The Bertz CT molecular complexity index is 940. The van der Waals surface area contributed by atoms with E-state index in [2.05, 4.69) is 10.6 Å². The number of carbonyl (C=O) groups excluding carboxylic acids is 3. The van der Waals surface area contributed by atoms with Gasteiger partial charge in [-0.05, 0) is 44.2 Å². The number of nitrogens with one attached hydrogen (secondary N) is 2. The average Bonchev–Trinajstić information content (AvgIpc) is 3.45. The summed E-state index contributed by atoms with van der Waals surface area (Å²) in [6.45, 7) is 5.85. The van der Waals surface area contributed by atoms with Crippen molar-refractivity contribution in [3.8, 4) is 0 Å². The van der Waals surface area contributed by atoms with Crippen LogP contribution < -0.4 is 10.6 Å². The van der Waals surface area contributed by atoms with E-state index in [0.717, 1.165) is 18.4 Å². The molecule has 0 spiro atoms. The topological polar surface area (TPSA) is 113 Å². The Hall–Kier alpha value is -2.26. The third-order valence-corrected chi connectivity index (χ3v) is 7.77. The smallest absolute Gasteiger partial charge is 0.289 e. The van der Waals surface area contributed by atoms with Crippen LogP contribution in [0, 0.1) is 18.8 Å². The van der Waals surface area contributed by atoms with Crippen molar-refractivity contribution in [3.05, 3.63) is 29.8 Å². The SMILES string of the molecule is CCCC(NC(=O)[C@@H]1CN(S(=O)(=O)c2ccc(C)cc2)C[C@@H]1C)C(=O)C(=O)NC1CC1. The van der Waals surface area contributed by atoms with Gasteiger partial charge in [0.25, 0.3) is 5.91 Å². The summed E-state index contributed by atoms with van der Waals surface area (Å²) in [5.74, 6) is -2.49. The van der Waals surface area contributed by atoms with Crippen molar-refractivity contribution >= 4 is 27.6 Å². The highest BCUT2D eigenvalue weighted by molar-refractivity contribution is 7.89. The number of ketones is 1. The van der Waals surface area contributed by atoms with Gasteiger partial charge in [0, 0.05) is 19.1 Å². The van der Waals surface area contributed by atoms with Crippen LogP contribution in [0.5, 0.6) is 0 Å². The molecule has 9 heteroatoms. The molecule has 0 radical (unpaired) electrons. The predicted octanol–water partition coefficient (Wildman–Crippen LogP) is 1.38. The van der Waals surface area contributed by atoms with Crippen molar-refractivity contribution in [2.24, 2.45) is 11.8 Å². The first kappa shape index (κ1) is 23.4. The lowest BCUT2D eigenvalue weighted by Gasteiger charge is -2.21. The lowest BCUT2D eigenvalue weighted by atomic mass is 9.96. The molecule has 1 aliphatic heterocycles. The molecule has 170 valence electrons. The Kier molecular flexibility index (Phi) is 7.16. The van der Waals surface area contributed by atoms with Gasteiger partial charge in [0.1, 0.15) is 0 Å². The molecule has 1 saturated carbocycles. The van der Waals surface area contributed by atoms with Gasteiger partial charge >= 0.3 is 0 Å². The second-order valence-electron chi connectivity index (χ2n) is 8.68. The van der Waals surface area contributed by atoms with Crippen LogP contribution in [0.2, 0.25) is 0 Å². The molecule has 2 amide bonds. The maximum absolute atomic E-state index is 13.0. The van der Waals surface area contributed by atoms with E-state index in [0.29, 0.717) is 12.8 Å². The second kappa shape index (κ2) is 9.48. The van der Waals surface area contributed by atoms with Crippen LogP contribution in [-0.2, 0) is 24.4 Å². The van der Waals surface area contributed by atoms with Crippen molar-refractivity contribution in [1.29, 1.82) is 0 Å². The number of hydrogen-bond acceptors (Lipinski definition) is 5. The summed E-state index contributed by atoms with van der Waals surface area (Å²) in [5.41, 5.74) is 0.961. The Labute approximate surface area is 183 Å². The number of sulfonamides is 1. The zero-order valence-electron chi connectivity index (χ0n) is 18.3. The van der Waals surface area contributed by atoms with E-state index < -0.39 is 33.7 Å². The van der Waals surface area contributed by atoms with Gasteiger partial charge in [0.15, 0.2) is 0 Å². The van der Waals surface area contributed by atoms with Crippen LogP contribution in [0.1, 0.15) is 45.1 Å². The summed E-state index contributed by atoms with van der Waals surface area (Å²) in [6, 6.07) is 5.78. The van der Waals surface area contributed by atoms with Gasteiger partial charge in [0.05, 0.1) is 16.9 Å². The van der Waals surface area contributed by atoms with Crippen LogP contribution in [-0.4, -0.2) is 55.5 Å². The van der Waals surface area contributed by atoms with Gasteiger partial charge < -0.3 is 10.6 Å². The third-order valence-electron chi connectivity index (χ3n) is 5.92. The molecule has 2 aliphatic rings. The molecule has 0 bridgehead atoms. The highest BCUT2D eigenvalue weighted by Crippen LogP contribution is 2.29. The molecule has 1 unspecified atom stereocenters. The van der Waals surface area contributed by atoms with Crippen molar-refractivity contribution in [2.75, 3.05) is 13.1 Å². The monoisotopic (exact) mass is 449 g/mol. The molecule has 31 heavy (non-hydrogen) atoms. The van der Waals surface area contributed by atoms with Gasteiger partial charge in [-0.2, -0.15) is 4.31 Å². The van der Waals surface area contributed by atoms with Crippen LogP contribution in [0.3, 0.4) is 0 Å². The molecule has 1 aromatic carbocycles. The summed E-state index contributed by atoms with van der Waals surface area (Å²) in [7, 11) is -3.71. The standard InChI is InChI=1S/C22H31N3O5S/c1-4-5-19(20(26)22(28)23-16-8-9-16)24-21(27)18-13-25(12-15(18)3)31(29,30)17-10-6-14(2)7-11-17/h6-7,10-11,15-16,18-19H,4-5,8-9,12-13H2,1-3H3,(H,23,28)(H,24,27)/t15-,18+,19?/m0/s1. The summed E-state index contributed by atoms with van der Waals surface area (Å²) in [5, 5.41) is 5.38. The Morgan fingerprint density at radius 3 is 2.35 bits per heavy atom. The van der Waals surface area contributed by atoms with Gasteiger partial charge in [-0.25, -0.2) is 8.42 Å². The molecule has 1 aliphatic carbocycles. The number of nitrogens with zero attached hydrogens (tertiary/aromatic N) is 1.